The molecule has 0 saturated heterocycles. The number of nitrogens with one attached hydrogen (secondary N) is 6. The summed E-state index contributed by atoms with van der Waals surface area (Å²) in [6, 6.07) is 37.9. The lowest BCUT2D eigenvalue weighted by Crippen LogP contribution is -2.33. The SMILES string of the molecule is CCCCC(CC)COc1ccc(-c2c3nc(c(-c4ccc(OCC(CC)CCCC)c(NC(=O)c5cc(=O)[nH]c(=O)n5C)c4)c4ccc([nH]4)c(-c4ccc(OCC(CC)CCCC)cc4)c4nc(c(-c5ccc(OCC(CC)CCCC)c(NC(=O)c6cc(=O)[nH]c(=O)n6C)c5)c5ccc2[nH]5)C=C4)C=C3)cc1. The second-order valence-electron chi connectivity index (χ2n) is 28.6. The number of aromatic amines is 4. The third kappa shape index (κ3) is 18.8. The number of rotatable bonds is 36. The minimum absolute atomic E-state index is 0.142. The molecule has 2 aliphatic rings. The van der Waals surface area contributed by atoms with E-state index in [4.69, 9.17) is 28.9 Å². The monoisotopic (exact) mass is 1460 g/mol. The molecule has 566 valence electrons. The Bertz CT molecular complexity index is 4830. The van der Waals surface area contributed by atoms with Gasteiger partial charge in [-0.2, -0.15) is 0 Å². The van der Waals surface area contributed by atoms with E-state index in [-0.39, 0.29) is 23.2 Å². The van der Waals surface area contributed by atoms with Crippen molar-refractivity contribution in [3.05, 3.63) is 197 Å². The van der Waals surface area contributed by atoms with E-state index in [2.05, 4.69) is 110 Å². The van der Waals surface area contributed by atoms with Crippen molar-refractivity contribution in [1.29, 1.82) is 0 Å². The highest BCUT2D eigenvalue weighted by Crippen LogP contribution is 2.43. The molecule has 4 unspecified atom stereocenters. The van der Waals surface area contributed by atoms with Crippen LogP contribution >= 0.6 is 0 Å². The van der Waals surface area contributed by atoms with Crippen molar-refractivity contribution < 1.29 is 28.5 Å². The van der Waals surface area contributed by atoms with Crippen LogP contribution < -0.4 is 52.1 Å². The van der Waals surface area contributed by atoms with Gasteiger partial charge in [-0.05, 0) is 169 Å². The van der Waals surface area contributed by atoms with Crippen LogP contribution in [0.1, 0.15) is 202 Å². The summed E-state index contributed by atoms with van der Waals surface area (Å²) in [7, 11) is 2.86. The quantitative estimate of drug-likeness (QED) is 0.0214. The second kappa shape index (κ2) is 37.0. The fraction of sp³-hybridized carbons (Fsp3) is 0.386. The second-order valence-corrected chi connectivity index (χ2v) is 28.6. The van der Waals surface area contributed by atoms with Gasteiger partial charge >= 0.3 is 11.4 Å². The standard InChI is InChI=1S/C88H104N10O10/c1-11-19-23-55(15-5)51-105-63-33-27-59(28-34-63)81-65-37-41-69(89-65)83(61-31-45-77(107-53-57(17-7)25-21-13-3)73(47-61)93-85(101)75-49-79(99)95-87(103)97(75)9)71-43-39-67(91-71)82(60-29-35-64(36-30-60)106-52-56(16-6)24-20-12-2)68-40-44-72(92-68)84(70-42-38-66(81)90-70)62-32-46-78(108-54-58(18-8)26-22-14-4)74(48-62)94-86(102)76-50-80(100)96-88(104)98(76)10/h27-50,55-58,89,92H,11-26,51-54H2,1-10H3,(H,93,101)(H,94,102)(H,95,99,103)(H,96,100,104). The maximum Gasteiger partial charge on any atom is 0.328 e. The molecule has 2 amide bonds. The van der Waals surface area contributed by atoms with Crippen molar-refractivity contribution in [2.45, 2.75) is 158 Å². The number of aromatic nitrogens is 8. The summed E-state index contributed by atoms with van der Waals surface area (Å²) in [5.74, 6) is 2.23. The highest BCUT2D eigenvalue weighted by atomic mass is 16.5. The van der Waals surface area contributed by atoms with Crippen LogP contribution in [-0.2, 0) is 14.1 Å². The van der Waals surface area contributed by atoms with Crippen molar-refractivity contribution in [3.8, 4) is 67.5 Å². The number of ether oxygens (including phenoxy) is 4. The molecule has 4 atom stereocenters. The average molecular weight is 1460 g/mol. The number of hydrogen-bond donors (Lipinski definition) is 6. The summed E-state index contributed by atoms with van der Waals surface area (Å²) in [6.07, 6.45) is 24.5. The summed E-state index contributed by atoms with van der Waals surface area (Å²) in [5, 5.41) is 6.11. The van der Waals surface area contributed by atoms with E-state index in [1.54, 1.807) is 0 Å². The van der Waals surface area contributed by atoms with E-state index in [9.17, 15) is 28.8 Å². The number of carbonyl (C=O) groups is 2. The normalized spacial score (nSPS) is 12.9. The fourth-order valence-electron chi connectivity index (χ4n) is 14.0. The van der Waals surface area contributed by atoms with Crippen molar-refractivity contribution in [3.63, 3.8) is 0 Å². The number of nitrogens with zero attached hydrogens (tertiary/aromatic N) is 4. The Morgan fingerprint density at radius 3 is 0.981 bits per heavy atom. The first kappa shape index (κ1) is 78.1. The minimum Gasteiger partial charge on any atom is -0.493 e. The van der Waals surface area contributed by atoms with E-state index in [0.717, 1.165) is 158 Å². The Hall–Kier alpha value is -11.0. The lowest BCUT2D eigenvalue weighted by molar-refractivity contribution is 0.100. The highest BCUT2D eigenvalue weighted by molar-refractivity contribution is 6.07. The van der Waals surface area contributed by atoms with Crippen molar-refractivity contribution in [1.82, 2.24) is 39.0 Å². The number of amides is 2. The van der Waals surface area contributed by atoms with Gasteiger partial charge in [0.1, 0.15) is 34.4 Å². The fourth-order valence-corrected chi connectivity index (χ4v) is 14.0. The Labute approximate surface area is 631 Å². The summed E-state index contributed by atoms with van der Waals surface area (Å²) in [6.45, 7) is 19.4. The van der Waals surface area contributed by atoms with E-state index >= 15 is 0 Å². The lowest BCUT2D eigenvalue weighted by atomic mass is 10.0. The molecule has 108 heavy (non-hydrogen) atoms. The van der Waals surface area contributed by atoms with Gasteiger partial charge in [-0.25, -0.2) is 19.6 Å². The molecule has 11 rings (SSSR count). The molecule has 0 radical (unpaired) electrons. The predicted molar refractivity (Wildman–Crippen MR) is 436 cm³/mol. The number of benzene rings is 4. The van der Waals surface area contributed by atoms with Crippen LogP contribution in [0.25, 0.3) is 90.9 Å². The smallest absolute Gasteiger partial charge is 0.328 e. The molecule has 0 spiro atoms. The molecule has 9 aromatic rings. The highest BCUT2D eigenvalue weighted by Gasteiger charge is 2.25. The molecular weight excluding hydrogens is 1360 g/mol. The maximum atomic E-state index is 14.6. The molecule has 8 bridgehead atoms. The minimum atomic E-state index is -0.734. The van der Waals surface area contributed by atoms with Gasteiger partial charge in [-0.1, -0.05) is 169 Å². The van der Waals surface area contributed by atoms with Crippen molar-refractivity contribution in [2.75, 3.05) is 37.1 Å². The van der Waals surface area contributed by atoms with Crippen LogP contribution in [0, 0.1) is 23.7 Å². The van der Waals surface area contributed by atoms with Gasteiger partial charge in [-0.15, -0.1) is 0 Å². The summed E-state index contributed by atoms with van der Waals surface area (Å²) in [4.78, 5) is 104. The Kier molecular flexibility index (Phi) is 26.7. The Balaban J connectivity index is 1.18. The zero-order chi connectivity index (χ0) is 76.4. The molecule has 0 saturated carbocycles. The summed E-state index contributed by atoms with van der Waals surface area (Å²) < 4.78 is 28.6. The summed E-state index contributed by atoms with van der Waals surface area (Å²) in [5.41, 5.74) is 8.51. The first-order chi connectivity index (χ1) is 52.4. The van der Waals surface area contributed by atoms with Gasteiger partial charge in [-0.3, -0.25) is 38.3 Å². The van der Waals surface area contributed by atoms with Gasteiger partial charge in [0.2, 0.25) is 0 Å². The van der Waals surface area contributed by atoms with Gasteiger partial charge in [0, 0.05) is 70.5 Å². The molecule has 7 heterocycles. The van der Waals surface area contributed by atoms with Crippen LogP contribution in [0.2, 0.25) is 0 Å². The number of H-pyrrole nitrogens is 4. The molecule has 6 N–H and O–H groups in total. The van der Waals surface area contributed by atoms with Gasteiger partial charge < -0.3 is 39.5 Å². The van der Waals surface area contributed by atoms with Gasteiger partial charge in [0.05, 0.1) is 60.6 Å². The van der Waals surface area contributed by atoms with Gasteiger partial charge in [0.15, 0.2) is 0 Å². The summed E-state index contributed by atoms with van der Waals surface area (Å²) >= 11 is 0. The molecule has 0 aliphatic carbocycles. The van der Waals surface area contributed by atoms with Crippen LogP contribution in [0.4, 0.5) is 11.4 Å². The first-order valence-corrected chi connectivity index (χ1v) is 38.9. The lowest BCUT2D eigenvalue weighted by Gasteiger charge is -2.19. The number of unbranched alkanes of at least 4 members (excludes halogenated alkanes) is 4. The molecule has 2 aliphatic heterocycles. The Morgan fingerprint density at radius 2 is 0.676 bits per heavy atom. The van der Waals surface area contributed by atoms with Crippen molar-refractivity contribution >= 4 is 69.6 Å². The van der Waals surface area contributed by atoms with Crippen LogP contribution in [0.5, 0.6) is 23.0 Å². The molecule has 20 heteroatoms. The van der Waals surface area contributed by atoms with E-state index in [1.165, 1.54) is 14.1 Å². The molecule has 20 nitrogen and oxygen atoms in total. The van der Waals surface area contributed by atoms with E-state index < -0.39 is 34.3 Å². The first-order valence-electron chi connectivity index (χ1n) is 38.9. The molecule has 5 aromatic heterocycles. The third-order valence-corrected chi connectivity index (χ3v) is 21.0. The van der Waals surface area contributed by atoms with Crippen LogP contribution in [-0.4, -0.2) is 77.3 Å². The van der Waals surface area contributed by atoms with E-state index in [1.807, 2.05) is 109 Å². The zero-order valence-corrected chi connectivity index (χ0v) is 64.2. The Morgan fingerprint density at radius 1 is 0.380 bits per heavy atom. The predicted octanol–water partition coefficient (Wildman–Crippen LogP) is 19.0. The topological polar surface area (TPSA) is 262 Å². The third-order valence-electron chi connectivity index (χ3n) is 21.0. The number of hydrogen-bond acceptors (Lipinski definition) is 12. The van der Waals surface area contributed by atoms with Crippen molar-refractivity contribution in [2.24, 2.45) is 37.8 Å². The van der Waals surface area contributed by atoms with E-state index in [0.29, 0.717) is 128 Å². The molecule has 4 aromatic carbocycles. The molecular formula is C88H104N10O10. The van der Waals surface area contributed by atoms with Gasteiger partial charge in [0.25, 0.3) is 22.9 Å². The van der Waals surface area contributed by atoms with Crippen LogP contribution in [0.15, 0.2) is 141 Å². The molecule has 0 fully saturated rings. The number of carbonyl (C=O) groups excluding carboxylic acids is 2. The largest absolute Gasteiger partial charge is 0.493 e. The number of anilines is 2. The number of fused-ring (bicyclic) bond motifs is 8. The van der Waals surface area contributed by atoms with Crippen LogP contribution in [0.3, 0.4) is 0 Å². The maximum absolute atomic E-state index is 14.6. The zero-order valence-electron chi connectivity index (χ0n) is 64.2. The average Bonchev–Trinajstić information content (AvgIpc) is 1.60.